The van der Waals surface area contributed by atoms with Crippen molar-refractivity contribution in [3.63, 3.8) is 0 Å². The number of benzene rings is 1. The maximum absolute atomic E-state index is 10.9. The van der Waals surface area contributed by atoms with E-state index in [0.717, 1.165) is 0 Å². The van der Waals surface area contributed by atoms with Crippen LogP contribution in [0.15, 0.2) is 24.3 Å². The fourth-order valence-corrected chi connectivity index (χ4v) is 1.61. The standard InChI is InChI=1S/C14H14N2O2/c1-3-8-16(10-11(2)14(17)18)13-7-5-4-6-12(13)9-15/h1,4-7,11H,8,10H2,2H3,(H,17,18). The van der Waals surface area contributed by atoms with Crippen molar-refractivity contribution in [1.82, 2.24) is 0 Å². The van der Waals surface area contributed by atoms with Gasteiger partial charge in [0.25, 0.3) is 0 Å². The van der Waals surface area contributed by atoms with Crippen LogP contribution in [0.2, 0.25) is 0 Å². The van der Waals surface area contributed by atoms with Crippen molar-refractivity contribution in [2.75, 3.05) is 18.0 Å². The second-order valence-electron chi connectivity index (χ2n) is 3.95. The van der Waals surface area contributed by atoms with Crippen molar-refractivity contribution in [3.05, 3.63) is 29.8 Å². The molecule has 92 valence electrons. The first-order chi connectivity index (χ1) is 8.60. The Hall–Kier alpha value is -2.46. The van der Waals surface area contributed by atoms with Crippen molar-refractivity contribution in [2.45, 2.75) is 6.92 Å². The van der Waals surface area contributed by atoms with Gasteiger partial charge >= 0.3 is 5.97 Å². The molecule has 0 bridgehead atoms. The van der Waals surface area contributed by atoms with E-state index in [4.69, 9.17) is 16.8 Å². The molecule has 18 heavy (non-hydrogen) atoms. The average Bonchev–Trinajstić information content (AvgIpc) is 2.38. The Morgan fingerprint density at radius 2 is 2.22 bits per heavy atom. The Labute approximate surface area is 106 Å². The lowest BCUT2D eigenvalue weighted by atomic mass is 10.1. The molecule has 0 aromatic heterocycles. The van der Waals surface area contributed by atoms with E-state index < -0.39 is 11.9 Å². The monoisotopic (exact) mass is 242 g/mol. The number of aliphatic carboxylic acids is 1. The molecule has 1 N–H and O–H groups in total. The zero-order valence-corrected chi connectivity index (χ0v) is 10.1. The molecule has 0 aliphatic heterocycles. The smallest absolute Gasteiger partial charge is 0.308 e. The maximum Gasteiger partial charge on any atom is 0.308 e. The Balaban J connectivity index is 3.02. The van der Waals surface area contributed by atoms with Crippen molar-refractivity contribution in [3.8, 4) is 18.4 Å². The quantitative estimate of drug-likeness (QED) is 0.798. The Bertz CT molecular complexity index is 511. The third kappa shape index (κ3) is 3.26. The zero-order chi connectivity index (χ0) is 13.5. The minimum absolute atomic E-state index is 0.274. The van der Waals surface area contributed by atoms with Gasteiger partial charge in [-0.25, -0.2) is 0 Å². The van der Waals surface area contributed by atoms with Crippen LogP contribution in [0, 0.1) is 29.6 Å². The first-order valence-corrected chi connectivity index (χ1v) is 5.50. The number of rotatable bonds is 5. The molecular formula is C14H14N2O2. The van der Waals surface area contributed by atoms with Gasteiger partial charge in [0, 0.05) is 6.54 Å². The summed E-state index contributed by atoms with van der Waals surface area (Å²) in [6.45, 7) is 2.16. The van der Waals surface area contributed by atoms with Gasteiger partial charge in [0.15, 0.2) is 0 Å². The summed E-state index contributed by atoms with van der Waals surface area (Å²) in [5, 5.41) is 18.0. The Kier molecular flexibility index (Phi) is 4.78. The van der Waals surface area contributed by atoms with Crippen LogP contribution in [0.25, 0.3) is 0 Å². The van der Waals surface area contributed by atoms with Crippen molar-refractivity contribution in [1.29, 1.82) is 5.26 Å². The normalized spacial score (nSPS) is 11.1. The van der Waals surface area contributed by atoms with E-state index in [1.165, 1.54) is 0 Å². The molecular weight excluding hydrogens is 228 g/mol. The van der Waals surface area contributed by atoms with Gasteiger partial charge in [-0.1, -0.05) is 25.0 Å². The number of carboxylic acid groups (broad SMARTS) is 1. The predicted octanol–water partition coefficient (Wildman–Crippen LogP) is 1.72. The van der Waals surface area contributed by atoms with E-state index in [1.807, 2.05) is 0 Å². The second kappa shape index (κ2) is 6.32. The number of nitriles is 1. The van der Waals surface area contributed by atoms with E-state index >= 15 is 0 Å². The molecule has 1 rings (SSSR count). The topological polar surface area (TPSA) is 64.3 Å². The molecule has 0 saturated carbocycles. The fourth-order valence-electron chi connectivity index (χ4n) is 1.61. The highest BCUT2D eigenvalue weighted by Gasteiger charge is 2.17. The fraction of sp³-hybridized carbons (Fsp3) is 0.286. The first kappa shape index (κ1) is 13.6. The number of hydrogen-bond donors (Lipinski definition) is 1. The van der Waals surface area contributed by atoms with Crippen LogP contribution in [0.4, 0.5) is 5.69 Å². The number of para-hydroxylation sites is 1. The van der Waals surface area contributed by atoms with Crippen molar-refractivity contribution in [2.24, 2.45) is 5.92 Å². The van der Waals surface area contributed by atoms with Crippen LogP contribution in [0.5, 0.6) is 0 Å². The number of carboxylic acids is 1. The third-order valence-corrected chi connectivity index (χ3v) is 2.56. The van der Waals surface area contributed by atoms with Gasteiger partial charge < -0.3 is 10.0 Å². The molecule has 1 aromatic carbocycles. The molecule has 1 aromatic rings. The Morgan fingerprint density at radius 3 is 2.78 bits per heavy atom. The summed E-state index contributed by atoms with van der Waals surface area (Å²) >= 11 is 0. The minimum Gasteiger partial charge on any atom is -0.481 e. The average molecular weight is 242 g/mol. The van der Waals surface area contributed by atoms with E-state index in [2.05, 4.69) is 12.0 Å². The number of anilines is 1. The zero-order valence-electron chi connectivity index (χ0n) is 10.1. The summed E-state index contributed by atoms with van der Waals surface area (Å²) in [5.41, 5.74) is 1.16. The van der Waals surface area contributed by atoms with Crippen molar-refractivity contribution >= 4 is 11.7 Å². The summed E-state index contributed by atoms with van der Waals surface area (Å²) in [5.74, 6) is 1.05. The summed E-state index contributed by atoms with van der Waals surface area (Å²) in [4.78, 5) is 12.6. The van der Waals surface area contributed by atoms with Gasteiger partial charge in [-0.3, -0.25) is 4.79 Å². The van der Waals surface area contributed by atoms with Crippen molar-refractivity contribution < 1.29 is 9.90 Å². The first-order valence-electron chi connectivity index (χ1n) is 5.50. The van der Waals surface area contributed by atoms with Gasteiger partial charge in [-0.05, 0) is 12.1 Å². The Morgan fingerprint density at radius 1 is 1.56 bits per heavy atom. The van der Waals surface area contributed by atoms with Crippen LogP contribution in [0.1, 0.15) is 12.5 Å². The van der Waals surface area contributed by atoms with Crippen LogP contribution in [-0.2, 0) is 4.79 Å². The molecule has 0 aliphatic rings. The molecule has 4 heteroatoms. The number of nitrogens with zero attached hydrogens (tertiary/aromatic N) is 2. The van der Waals surface area contributed by atoms with Gasteiger partial charge in [0.05, 0.1) is 23.7 Å². The van der Waals surface area contributed by atoms with Crippen LogP contribution in [0.3, 0.4) is 0 Å². The number of carbonyl (C=O) groups is 1. The summed E-state index contributed by atoms with van der Waals surface area (Å²) < 4.78 is 0. The molecule has 0 radical (unpaired) electrons. The second-order valence-corrected chi connectivity index (χ2v) is 3.95. The molecule has 4 nitrogen and oxygen atoms in total. The number of hydrogen-bond acceptors (Lipinski definition) is 3. The van der Waals surface area contributed by atoms with Crippen LogP contribution in [-0.4, -0.2) is 24.2 Å². The highest BCUT2D eigenvalue weighted by atomic mass is 16.4. The van der Waals surface area contributed by atoms with E-state index in [1.54, 1.807) is 36.1 Å². The minimum atomic E-state index is -0.883. The van der Waals surface area contributed by atoms with E-state index in [0.29, 0.717) is 11.3 Å². The number of terminal acetylenes is 1. The molecule has 0 heterocycles. The van der Waals surface area contributed by atoms with Gasteiger partial charge in [-0.2, -0.15) is 5.26 Å². The molecule has 1 unspecified atom stereocenters. The summed E-state index contributed by atoms with van der Waals surface area (Å²) in [6, 6.07) is 9.09. The van der Waals surface area contributed by atoms with Gasteiger partial charge in [-0.15, -0.1) is 6.42 Å². The third-order valence-electron chi connectivity index (χ3n) is 2.56. The predicted molar refractivity (Wildman–Crippen MR) is 69.0 cm³/mol. The highest BCUT2D eigenvalue weighted by Crippen LogP contribution is 2.20. The lowest BCUT2D eigenvalue weighted by Crippen LogP contribution is -2.32. The lowest BCUT2D eigenvalue weighted by molar-refractivity contribution is -0.140. The summed E-state index contributed by atoms with van der Waals surface area (Å²) in [6.07, 6.45) is 5.29. The van der Waals surface area contributed by atoms with E-state index in [9.17, 15) is 4.79 Å². The lowest BCUT2D eigenvalue weighted by Gasteiger charge is -2.25. The van der Waals surface area contributed by atoms with E-state index in [-0.39, 0.29) is 13.1 Å². The summed E-state index contributed by atoms with van der Waals surface area (Å²) in [7, 11) is 0. The molecule has 1 atom stereocenters. The van der Waals surface area contributed by atoms with Gasteiger partial charge in [0.1, 0.15) is 6.07 Å². The van der Waals surface area contributed by atoms with Crippen LogP contribution < -0.4 is 4.90 Å². The SMILES string of the molecule is C#CCN(CC(C)C(=O)O)c1ccccc1C#N. The molecule has 0 aliphatic carbocycles. The van der Waals surface area contributed by atoms with Crippen LogP contribution >= 0.6 is 0 Å². The van der Waals surface area contributed by atoms with Gasteiger partial charge in [0.2, 0.25) is 0 Å². The largest absolute Gasteiger partial charge is 0.481 e. The highest BCUT2D eigenvalue weighted by molar-refractivity contribution is 5.71. The molecule has 0 saturated heterocycles. The molecule has 0 fully saturated rings. The molecule has 0 spiro atoms. The maximum atomic E-state index is 10.9. The molecule has 0 amide bonds.